The van der Waals surface area contributed by atoms with Crippen molar-refractivity contribution in [2.45, 2.75) is 71.2 Å². The van der Waals surface area contributed by atoms with Crippen molar-refractivity contribution in [2.75, 3.05) is 0 Å². The van der Waals surface area contributed by atoms with Crippen molar-refractivity contribution in [2.24, 2.45) is 0 Å². The maximum atomic E-state index is 11.6. The van der Waals surface area contributed by atoms with Crippen LogP contribution in [-0.2, 0) is 15.9 Å². The number of rotatable bonds is 10. The summed E-state index contributed by atoms with van der Waals surface area (Å²) in [4.78, 5) is 20.6. The van der Waals surface area contributed by atoms with E-state index in [9.17, 15) is 4.79 Å². The van der Waals surface area contributed by atoms with Gasteiger partial charge in [-0.05, 0) is 31.0 Å². The minimum atomic E-state index is -0.760. The summed E-state index contributed by atoms with van der Waals surface area (Å²) in [6.07, 6.45) is 10.9. The minimum Gasteiger partial charge on any atom is -0.401 e. The van der Waals surface area contributed by atoms with Gasteiger partial charge in [-0.2, -0.15) is 0 Å². The summed E-state index contributed by atoms with van der Waals surface area (Å²) in [6.45, 7) is 4.06. The molecule has 0 radical (unpaired) electrons. The Bertz CT molecular complexity index is 746. The zero-order chi connectivity index (χ0) is 19.8. The molecule has 28 heavy (non-hydrogen) atoms. The first-order valence-electron chi connectivity index (χ1n) is 10.1. The predicted octanol–water partition coefficient (Wildman–Crippen LogP) is 5.31. The zero-order valence-electron chi connectivity index (χ0n) is 16.6. The SMILES string of the molecule is CCCCCCCCc1ncc(-c2ccc(OC(=O)O[C@H]3O[C@@H]3C)cc2)cn1. The van der Waals surface area contributed by atoms with Crippen LogP contribution < -0.4 is 4.74 Å². The molecule has 0 amide bonds. The number of carbonyl (C=O) groups is 1. The fraction of sp³-hybridized carbons (Fsp3) is 0.500. The highest BCUT2D eigenvalue weighted by Gasteiger charge is 2.39. The Balaban J connectivity index is 1.45. The normalized spacial score (nSPS) is 17.9. The summed E-state index contributed by atoms with van der Waals surface area (Å²) in [5, 5.41) is 0. The highest BCUT2D eigenvalue weighted by molar-refractivity contribution is 5.66. The minimum absolute atomic E-state index is 0.0565. The molecule has 2 aromatic rings. The van der Waals surface area contributed by atoms with E-state index in [0.29, 0.717) is 5.75 Å². The van der Waals surface area contributed by atoms with E-state index < -0.39 is 12.4 Å². The molecule has 0 N–H and O–H groups in total. The zero-order valence-corrected chi connectivity index (χ0v) is 16.6. The van der Waals surface area contributed by atoms with Gasteiger partial charge in [-0.1, -0.05) is 51.2 Å². The van der Waals surface area contributed by atoms with Crippen molar-refractivity contribution < 1.29 is 19.0 Å². The average molecular weight is 384 g/mol. The van der Waals surface area contributed by atoms with Crippen molar-refractivity contribution in [3.63, 3.8) is 0 Å². The van der Waals surface area contributed by atoms with Gasteiger partial charge in [0.2, 0.25) is 6.29 Å². The molecule has 3 rings (SSSR count). The molecule has 0 bridgehead atoms. The highest BCUT2D eigenvalue weighted by Crippen LogP contribution is 2.24. The lowest BCUT2D eigenvalue weighted by atomic mass is 10.1. The molecule has 0 aliphatic carbocycles. The molecular formula is C22H28N2O4. The first-order chi connectivity index (χ1) is 13.7. The topological polar surface area (TPSA) is 73.8 Å². The van der Waals surface area contributed by atoms with Crippen LogP contribution in [0, 0.1) is 0 Å². The summed E-state index contributed by atoms with van der Waals surface area (Å²) >= 11 is 0. The van der Waals surface area contributed by atoms with Gasteiger partial charge < -0.3 is 14.2 Å². The lowest BCUT2D eigenvalue weighted by Crippen LogP contribution is -2.13. The van der Waals surface area contributed by atoms with Gasteiger partial charge in [-0.3, -0.25) is 0 Å². The summed E-state index contributed by atoms with van der Waals surface area (Å²) in [5.41, 5.74) is 1.90. The number of hydrogen-bond acceptors (Lipinski definition) is 6. The molecule has 6 heteroatoms. The quantitative estimate of drug-likeness (QED) is 0.239. The molecule has 0 unspecified atom stereocenters. The van der Waals surface area contributed by atoms with Crippen LogP contribution in [0.2, 0.25) is 0 Å². The van der Waals surface area contributed by atoms with Crippen LogP contribution in [0.4, 0.5) is 4.79 Å². The van der Waals surface area contributed by atoms with E-state index in [1.807, 2.05) is 31.5 Å². The van der Waals surface area contributed by atoms with Crippen molar-refractivity contribution >= 4 is 6.16 Å². The van der Waals surface area contributed by atoms with Crippen molar-refractivity contribution in [1.82, 2.24) is 9.97 Å². The Morgan fingerprint density at radius 1 is 1.00 bits per heavy atom. The number of unbranched alkanes of at least 4 members (excludes halogenated alkanes) is 5. The predicted molar refractivity (Wildman–Crippen MR) is 106 cm³/mol. The van der Waals surface area contributed by atoms with Gasteiger partial charge in [0.25, 0.3) is 0 Å². The summed E-state index contributed by atoms with van der Waals surface area (Å²) in [7, 11) is 0. The average Bonchev–Trinajstić information content (AvgIpc) is 3.40. The second kappa shape index (κ2) is 10.2. The molecule has 2 heterocycles. The van der Waals surface area contributed by atoms with Crippen molar-refractivity contribution in [3.05, 3.63) is 42.5 Å². The van der Waals surface area contributed by atoms with Crippen LogP contribution in [0.5, 0.6) is 5.75 Å². The summed E-state index contributed by atoms with van der Waals surface area (Å²) in [5.74, 6) is 1.31. The number of aromatic nitrogens is 2. The van der Waals surface area contributed by atoms with Crippen LogP contribution in [0.1, 0.15) is 58.2 Å². The van der Waals surface area contributed by atoms with Crippen LogP contribution in [0.3, 0.4) is 0 Å². The molecule has 1 saturated heterocycles. The van der Waals surface area contributed by atoms with E-state index in [4.69, 9.17) is 14.2 Å². The number of epoxide rings is 1. The smallest absolute Gasteiger partial charge is 0.401 e. The summed E-state index contributed by atoms with van der Waals surface area (Å²) < 4.78 is 15.1. The van der Waals surface area contributed by atoms with Gasteiger partial charge in [-0.15, -0.1) is 0 Å². The number of ether oxygens (including phenoxy) is 3. The van der Waals surface area contributed by atoms with Crippen LogP contribution >= 0.6 is 0 Å². The summed E-state index contributed by atoms with van der Waals surface area (Å²) in [6, 6.07) is 7.17. The maximum Gasteiger partial charge on any atom is 0.516 e. The molecule has 1 aliphatic heterocycles. The van der Waals surface area contributed by atoms with E-state index in [2.05, 4.69) is 16.9 Å². The van der Waals surface area contributed by atoms with E-state index in [0.717, 1.165) is 29.8 Å². The Morgan fingerprint density at radius 2 is 1.64 bits per heavy atom. The number of aryl methyl sites for hydroxylation is 1. The Labute approximate surface area is 166 Å². The third kappa shape index (κ3) is 6.30. The van der Waals surface area contributed by atoms with E-state index in [1.165, 1.54) is 32.1 Å². The van der Waals surface area contributed by atoms with Crippen LogP contribution in [0.25, 0.3) is 11.1 Å². The van der Waals surface area contributed by atoms with Gasteiger partial charge in [0, 0.05) is 24.4 Å². The van der Waals surface area contributed by atoms with E-state index in [-0.39, 0.29) is 6.10 Å². The third-order valence-electron chi connectivity index (χ3n) is 4.72. The molecule has 150 valence electrons. The lowest BCUT2D eigenvalue weighted by Gasteiger charge is -2.06. The molecule has 1 aliphatic rings. The second-order valence-corrected chi connectivity index (χ2v) is 7.11. The molecule has 1 aromatic carbocycles. The van der Waals surface area contributed by atoms with Crippen molar-refractivity contribution in [3.8, 4) is 16.9 Å². The fourth-order valence-corrected chi connectivity index (χ4v) is 2.92. The second-order valence-electron chi connectivity index (χ2n) is 7.11. The standard InChI is InChI=1S/C22H28N2O4/c1-3-4-5-6-7-8-9-20-23-14-18(15-24-20)17-10-12-19(13-11-17)27-22(25)28-21-16(2)26-21/h10-16,21H,3-9H2,1-2H3/t16-,21-/m1/s1. The van der Waals surface area contributed by atoms with E-state index in [1.54, 1.807) is 12.1 Å². The number of carbonyl (C=O) groups excluding carboxylic acids is 1. The molecule has 1 aromatic heterocycles. The van der Waals surface area contributed by atoms with Gasteiger partial charge >= 0.3 is 6.16 Å². The first-order valence-corrected chi connectivity index (χ1v) is 10.1. The van der Waals surface area contributed by atoms with Gasteiger partial charge in [-0.25, -0.2) is 14.8 Å². The Hall–Kier alpha value is -2.47. The van der Waals surface area contributed by atoms with Gasteiger partial charge in [0.05, 0.1) is 0 Å². The first kappa shape index (κ1) is 20.3. The monoisotopic (exact) mass is 384 g/mol. The molecule has 2 atom stereocenters. The molecular weight excluding hydrogens is 356 g/mol. The number of nitrogens with zero attached hydrogens (tertiary/aromatic N) is 2. The molecule has 0 spiro atoms. The Morgan fingerprint density at radius 3 is 2.29 bits per heavy atom. The number of benzene rings is 1. The molecule has 0 saturated carbocycles. The van der Waals surface area contributed by atoms with Crippen LogP contribution in [-0.4, -0.2) is 28.5 Å². The van der Waals surface area contributed by atoms with Crippen molar-refractivity contribution in [1.29, 1.82) is 0 Å². The van der Waals surface area contributed by atoms with Crippen LogP contribution in [0.15, 0.2) is 36.7 Å². The highest BCUT2D eigenvalue weighted by atomic mass is 16.8. The lowest BCUT2D eigenvalue weighted by molar-refractivity contribution is 0.0562. The molecule has 1 fully saturated rings. The fourth-order valence-electron chi connectivity index (χ4n) is 2.92. The van der Waals surface area contributed by atoms with Gasteiger partial charge in [0.1, 0.15) is 17.7 Å². The van der Waals surface area contributed by atoms with Gasteiger partial charge in [0.15, 0.2) is 0 Å². The molecule has 6 nitrogen and oxygen atoms in total. The third-order valence-corrected chi connectivity index (χ3v) is 4.72. The Kier molecular flexibility index (Phi) is 7.37. The largest absolute Gasteiger partial charge is 0.516 e. The maximum absolute atomic E-state index is 11.6. The van der Waals surface area contributed by atoms with E-state index >= 15 is 0 Å². The number of hydrogen-bond donors (Lipinski definition) is 0.